The molecule has 0 bridgehead atoms. The molecule has 0 saturated carbocycles. The van der Waals surface area contributed by atoms with Gasteiger partial charge in [0.1, 0.15) is 5.69 Å². The number of hydrogen-bond donors (Lipinski definition) is 0. The third kappa shape index (κ3) is 3.47. The molecule has 0 radical (unpaired) electrons. The maximum Gasteiger partial charge on any atom is 0.416 e. The van der Waals surface area contributed by atoms with E-state index in [1.54, 1.807) is 13.8 Å². The molecule has 30 heavy (non-hydrogen) atoms. The SMILES string of the molecule is CCS(=O)(=O)c1ccc2c(c1)N=Cc1c(C)nn(-c3cccc(C(F)(F)F)c3)c1O2. The van der Waals surface area contributed by atoms with Crippen LogP contribution in [0, 0.1) is 6.92 Å². The fourth-order valence-electron chi connectivity index (χ4n) is 3.04. The van der Waals surface area contributed by atoms with Gasteiger partial charge in [-0.15, -0.1) is 0 Å². The highest BCUT2D eigenvalue weighted by molar-refractivity contribution is 7.91. The average Bonchev–Trinajstić information content (AvgIpc) is 2.89. The number of rotatable bonds is 3. The van der Waals surface area contributed by atoms with E-state index in [-0.39, 0.29) is 28.0 Å². The van der Waals surface area contributed by atoms with Crippen molar-refractivity contribution >= 4 is 21.7 Å². The van der Waals surface area contributed by atoms with Gasteiger partial charge < -0.3 is 4.74 Å². The molecule has 1 aromatic heterocycles. The van der Waals surface area contributed by atoms with E-state index in [1.807, 2.05) is 0 Å². The van der Waals surface area contributed by atoms with Gasteiger partial charge in [0.15, 0.2) is 15.6 Å². The van der Waals surface area contributed by atoms with E-state index in [9.17, 15) is 21.6 Å². The Hall–Kier alpha value is -3.14. The summed E-state index contributed by atoms with van der Waals surface area (Å²) in [6.45, 7) is 3.23. The lowest BCUT2D eigenvalue weighted by atomic mass is 10.2. The molecule has 0 spiro atoms. The molecule has 10 heteroatoms. The van der Waals surface area contributed by atoms with Crippen LogP contribution in [0.4, 0.5) is 18.9 Å². The highest BCUT2D eigenvalue weighted by Gasteiger charge is 2.31. The topological polar surface area (TPSA) is 73.5 Å². The lowest BCUT2D eigenvalue weighted by molar-refractivity contribution is -0.137. The molecule has 2 aromatic carbocycles. The maximum atomic E-state index is 13.1. The number of aromatic nitrogens is 2. The van der Waals surface area contributed by atoms with Crippen LogP contribution >= 0.6 is 0 Å². The maximum absolute atomic E-state index is 13.1. The molecule has 0 saturated heterocycles. The third-order valence-electron chi connectivity index (χ3n) is 4.69. The average molecular weight is 435 g/mol. The number of fused-ring (bicyclic) bond motifs is 2. The van der Waals surface area contributed by atoms with Gasteiger partial charge in [-0.3, -0.25) is 4.99 Å². The zero-order valence-electron chi connectivity index (χ0n) is 15.9. The van der Waals surface area contributed by atoms with Crippen LogP contribution in [0.1, 0.15) is 23.7 Å². The minimum Gasteiger partial charge on any atom is -0.436 e. The zero-order chi connectivity index (χ0) is 21.7. The van der Waals surface area contributed by atoms with Crippen molar-refractivity contribution in [2.24, 2.45) is 4.99 Å². The molecule has 0 amide bonds. The Labute approximate surface area is 170 Å². The normalized spacial score (nSPS) is 13.4. The van der Waals surface area contributed by atoms with E-state index in [2.05, 4.69) is 10.1 Å². The zero-order valence-corrected chi connectivity index (χ0v) is 16.8. The number of benzene rings is 2. The molecule has 156 valence electrons. The molecule has 6 nitrogen and oxygen atoms in total. The summed E-state index contributed by atoms with van der Waals surface area (Å²) in [5.41, 5.74) is 0.662. The van der Waals surface area contributed by atoms with Crippen LogP contribution in [0.3, 0.4) is 0 Å². The van der Waals surface area contributed by atoms with Crippen molar-refractivity contribution < 1.29 is 26.3 Å². The molecule has 3 aromatic rings. The Bertz CT molecular complexity index is 1280. The first-order valence-corrected chi connectivity index (χ1v) is 10.6. The molecule has 0 unspecified atom stereocenters. The molecular formula is C20H16F3N3O3S. The summed E-state index contributed by atoms with van der Waals surface area (Å²) in [7, 11) is -3.43. The molecule has 0 aliphatic carbocycles. The summed E-state index contributed by atoms with van der Waals surface area (Å²) in [6.07, 6.45) is -3.03. The lowest BCUT2D eigenvalue weighted by Crippen LogP contribution is -2.07. The first-order chi connectivity index (χ1) is 14.1. The number of nitrogens with zero attached hydrogens (tertiary/aromatic N) is 3. The second-order valence-electron chi connectivity index (χ2n) is 6.66. The second-order valence-corrected chi connectivity index (χ2v) is 8.94. The van der Waals surface area contributed by atoms with Gasteiger partial charge in [0, 0.05) is 6.21 Å². The van der Waals surface area contributed by atoms with Crippen LogP contribution in [0.25, 0.3) is 5.69 Å². The molecule has 1 aliphatic heterocycles. The van der Waals surface area contributed by atoms with Crippen LogP contribution in [0.2, 0.25) is 0 Å². The lowest BCUT2D eigenvalue weighted by Gasteiger charge is -2.12. The van der Waals surface area contributed by atoms with Crippen molar-refractivity contribution in [1.29, 1.82) is 0 Å². The van der Waals surface area contributed by atoms with E-state index in [0.29, 0.717) is 16.9 Å². The summed E-state index contributed by atoms with van der Waals surface area (Å²) in [4.78, 5) is 4.43. The van der Waals surface area contributed by atoms with Crippen LogP contribution in [-0.4, -0.2) is 30.2 Å². The fourth-order valence-corrected chi connectivity index (χ4v) is 3.94. The van der Waals surface area contributed by atoms with E-state index in [0.717, 1.165) is 12.1 Å². The minimum absolute atomic E-state index is 0.0554. The van der Waals surface area contributed by atoms with E-state index in [1.165, 1.54) is 41.2 Å². The van der Waals surface area contributed by atoms with E-state index < -0.39 is 21.6 Å². The van der Waals surface area contributed by atoms with Crippen LogP contribution in [0.15, 0.2) is 52.4 Å². The smallest absolute Gasteiger partial charge is 0.416 e. The number of halogens is 3. The third-order valence-corrected chi connectivity index (χ3v) is 6.42. The van der Waals surface area contributed by atoms with Gasteiger partial charge in [0.05, 0.1) is 33.2 Å². The molecule has 2 heterocycles. The Morgan fingerprint density at radius 1 is 1.13 bits per heavy atom. The molecule has 4 rings (SSSR count). The van der Waals surface area contributed by atoms with Crippen LogP contribution in [-0.2, 0) is 16.0 Å². The predicted octanol–water partition coefficient (Wildman–Crippen LogP) is 4.85. The monoisotopic (exact) mass is 435 g/mol. The predicted molar refractivity (Wildman–Crippen MR) is 105 cm³/mol. The minimum atomic E-state index is -4.49. The summed E-state index contributed by atoms with van der Waals surface area (Å²) < 4.78 is 70.9. The van der Waals surface area contributed by atoms with Crippen molar-refractivity contribution in [2.75, 3.05) is 5.75 Å². The Morgan fingerprint density at radius 2 is 1.90 bits per heavy atom. The number of alkyl halides is 3. The number of hydrogen-bond acceptors (Lipinski definition) is 5. The standard InChI is InChI=1S/C20H16F3N3O3S/c1-3-30(27,28)15-7-8-18-17(10-15)24-11-16-12(2)25-26(19(16)29-18)14-6-4-5-13(9-14)20(21,22)23/h4-11H,3H2,1-2H3. The summed E-state index contributed by atoms with van der Waals surface area (Å²) in [5, 5.41) is 4.31. The Balaban J connectivity index is 1.82. The molecule has 1 aliphatic rings. The first-order valence-electron chi connectivity index (χ1n) is 8.96. The summed E-state index contributed by atoms with van der Waals surface area (Å²) >= 11 is 0. The quantitative estimate of drug-likeness (QED) is 0.461. The highest BCUT2D eigenvalue weighted by Crippen LogP contribution is 2.40. The van der Waals surface area contributed by atoms with E-state index >= 15 is 0 Å². The van der Waals surface area contributed by atoms with Crippen molar-refractivity contribution in [3.63, 3.8) is 0 Å². The van der Waals surface area contributed by atoms with Crippen LogP contribution in [0.5, 0.6) is 11.6 Å². The van der Waals surface area contributed by atoms with Crippen molar-refractivity contribution in [2.45, 2.75) is 24.9 Å². The van der Waals surface area contributed by atoms with Gasteiger partial charge in [-0.25, -0.2) is 8.42 Å². The van der Waals surface area contributed by atoms with Crippen molar-refractivity contribution in [3.05, 3.63) is 59.3 Å². The molecular weight excluding hydrogens is 419 g/mol. The van der Waals surface area contributed by atoms with Crippen molar-refractivity contribution in [1.82, 2.24) is 9.78 Å². The van der Waals surface area contributed by atoms with Gasteiger partial charge in [-0.05, 0) is 43.3 Å². The summed E-state index contributed by atoms with van der Waals surface area (Å²) in [5.74, 6) is 0.411. The van der Waals surface area contributed by atoms with Crippen molar-refractivity contribution in [3.8, 4) is 17.3 Å². The summed E-state index contributed by atoms with van der Waals surface area (Å²) in [6, 6.07) is 9.04. The second kappa shape index (κ2) is 6.98. The molecule has 0 atom stereocenters. The van der Waals surface area contributed by atoms with Gasteiger partial charge >= 0.3 is 6.18 Å². The first kappa shape index (κ1) is 20.1. The number of ether oxygens (including phenoxy) is 1. The molecule has 0 fully saturated rings. The molecule has 0 N–H and O–H groups in total. The highest BCUT2D eigenvalue weighted by atomic mass is 32.2. The number of aryl methyl sites for hydroxylation is 1. The Morgan fingerprint density at radius 3 is 2.60 bits per heavy atom. The van der Waals surface area contributed by atoms with Gasteiger partial charge in [0.25, 0.3) is 0 Å². The number of aliphatic imine (C=N–C) groups is 1. The Kier molecular flexibility index (Phi) is 4.69. The van der Waals surface area contributed by atoms with Gasteiger partial charge in [0.2, 0.25) is 5.88 Å². The van der Waals surface area contributed by atoms with Crippen LogP contribution < -0.4 is 4.74 Å². The number of sulfone groups is 1. The van der Waals surface area contributed by atoms with Gasteiger partial charge in [-0.2, -0.15) is 23.0 Å². The van der Waals surface area contributed by atoms with Gasteiger partial charge in [-0.1, -0.05) is 13.0 Å². The fraction of sp³-hybridized carbons (Fsp3) is 0.200. The largest absolute Gasteiger partial charge is 0.436 e. The van der Waals surface area contributed by atoms with E-state index in [4.69, 9.17) is 4.74 Å².